The minimum absolute atomic E-state index is 0.313. The second-order valence-corrected chi connectivity index (χ2v) is 7.49. The second-order valence-electron chi connectivity index (χ2n) is 7.08. The number of rotatable bonds is 5. The molecular formula is C22H23ClNO3+. The van der Waals surface area contributed by atoms with Crippen molar-refractivity contribution < 1.29 is 14.1 Å². The first-order valence-corrected chi connectivity index (χ1v) is 9.82. The Balaban J connectivity index is 1.67. The normalized spacial score (nSPS) is 16.1. The van der Waals surface area contributed by atoms with E-state index in [2.05, 4.69) is 31.2 Å². The minimum atomic E-state index is -0.313. The van der Waals surface area contributed by atoms with Crippen molar-refractivity contribution in [2.45, 2.75) is 32.7 Å². The molecule has 140 valence electrons. The van der Waals surface area contributed by atoms with E-state index in [-0.39, 0.29) is 5.63 Å². The van der Waals surface area contributed by atoms with E-state index in [4.69, 9.17) is 20.8 Å². The predicted molar refractivity (Wildman–Crippen MR) is 107 cm³/mol. The van der Waals surface area contributed by atoms with Crippen molar-refractivity contribution in [2.24, 2.45) is 0 Å². The number of quaternary nitrogens is 1. The summed E-state index contributed by atoms with van der Waals surface area (Å²) in [5, 5.41) is 1.51. The summed E-state index contributed by atoms with van der Waals surface area (Å²) in [6.45, 7) is 4.33. The van der Waals surface area contributed by atoms with Crippen molar-refractivity contribution in [3.05, 3.63) is 74.6 Å². The standard InChI is InChI=1S/C22H22ClNO3/c1-2-6-16-11-20(25)27-21-17(16)12-19(23)22-18(21)13-24(14-26-22)10-9-15-7-4-3-5-8-15/h3-5,7-8,11-12H,2,6,9-10,13-14H2,1H3/p+1. The zero-order valence-electron chi connectivity index (χ0n) is 15.4. The summed E-state index contributed by atoms with van der Waals surface area (Å²) < 4.78 is 11.6. The fraction of sp³-hybridized carbons (Fsp3) is 0.318. The van der Waals surface area contributed by atoms with Gasteiger partial charge in [-0.2, -0.15) is 0 Å². The first-order chi connectivity index (χ1) is 13.2. The lowest BCUT2D eigenvalue weighted by molar-refractivity contribution is -0.932. The first-order valence-electron chi connectivity index (χ1n) is 9.44. The Kier molecular flexibility index (Phi) is 5.19. The van der Waals surface area contributed by atoms with Crippen LogP contribution < -0.4 is 15.3 Å². The van der Waals surface area contributed by atoms with Crippen LogP contribution in [0.25, 0.3) is 11.0 Å². The molecule has 0 bridgehead atoms. The lowest BCUT2D eigenvalue weighted by Crippen LogP contribution is -3.12. The van der Waals surface area contributed by atoms with Crippen LogP contribution in [-0.4, -0.2) is 13.3 Å². The van der Waals surface area contributed by atoms with Crippen LogP contribution in [0.4, 0.5) is 0 Å². The first kappa shape index (κ1) is 18.1. The highest BCUT2D eigenvalue weighted by Crippen LogP contribution is 2.37. The molecule has 0 radical (unpaired) electrons. The average Bonchev–Trinajstić information content (AvgIpc) is 2.68. The molecule has 1 N–H and O–H groups in total. The molecule has 1 aliphatic heterocycles. The third kappa shape index (κ3) is 3.73. The van der Waals surface area contributed by atoms with E-state index in [1.54, 1.807) is 6.07 Å². The topological polar surface area (TPSA) is 43.9 Å². The Morgan fingerprint density at radius 2 is 1.96 bits per heavy atom. The number of ether oxygens (including phenoxy) is 1. The number of halogens is 1. The van der Waals surface area contributed by atoms with Crippen LogP contribution in [0.15, 0.2) is 51.7 Å². The highest BCUT2D eigenvalue weighted by atomic mass is 35.5. The molecule has 0 aliphatic carbocycles. The highest BCUT2D eigenvalue weighted by molar-refractivity contribution is 6.33. The van der Waals surface area contributed by atoms with Crippen LogP contribution in [0.1, 0.15) is 30.0 Å². The Bertz CT molecular complexity index is 1010. The van der Waals surface area contributed by atoms with Gasteiger partial charge in [0.25, 0.3) is 0 Å². The zero-order valence-corrected chi connectivity index (χ0v) is 16.1. The summed E-state index contributed by atoms with van der Waals surface area (Å²) in [6, 6.07) is 13.9. The largest absolute Gasteiger partial charge is 0.443 e. The number of fused-ring (bicyclic) bond motifs is 3. The fourth-order valence-corrected chi connectivity index (χ4v) is 4.04. The van der Waals surface area contributed by atoms with Gasteiger partial charge in [0.2, 0.25) is 6.73 Å². The molecule has 1 atom stereocenters. The second kappa shape index (κ2) is 7.75. The van der Waals surface area contributed by atoms with Crippen LogP contribution in [0, 0.1) is 0 Å². The summed E-state index contributed by atoms with van der Waals surface area (Å²) in [7, 11) is 0. The van der Waals surface area contributed by atoms with Gasteiger partial charge in [0.15, 0.2) is 11.3 Å². The molecule has 0 amide bonds. The number of hydrogen-bond acceptors (Lipinski definition) is 3. The van der Waals surface area contributed by atoms with Gasteiger partial charge < -0.3 is 9.15 Å². The van der Waals surface area contributed by atoms with E-state index in [0.717, 1.165) is 48.9 Å². The molecule has 2 aromatic carbocycles. The van der Waals surface area contributed by atoms with Crippen molar-refractivity contribution in [2.75, 3.05) is 13.3 Å². The summed E-state index contributed by atoms with van der Waals surface area (Å²) in [5.41, 5.74) is 3.52. The van der Waals surface area contributed by atoms with Gasteiger partial charge in [0.1, 0.15) is 6.54 Å². The van der Waals surface area contributed by atoms with Crippen molar-refractivity contribution in [3.8, 4) is 5.75 Å². The van der Waals surface area contributed by atoms with Gasteiger partial charge in [-0.1, -0.05) is 55.3 Å². The molecule has 0 fully saturated rings. The van der Waals surface area contributed by atoms with Crippen LogP contribution in [0.2, 0.25) is 5.02 Å². The molecular weight excluding hydrogens is 362 g/mol. The van der Waals surface area contributed by atoms with E-state index < -0.39 is 0 Å². The fourth-order valence-electron chi connectivity index (χ4n) is 3.77. The van der Waals surface area contributed by atoms with Crippen LogP contribution in [0.3, 0.4) is 0 Å². The molecule has 1 aliphatic rings. The Morgan fingerprint density at radius 1 is 1.15 bits per heavy atom. The lowest BCUT2D eigenvalue weighted by Gasteiger charge is -2.27. The quantitative estimate of drug-likeness (QED) is 0.686. The molecule has 4 nitrogen and oxygen atoms in total. The van der Waals surface area contributed by atoms with E-state index in [1.165, 1.54) is 10.5 Å². The zero-order chi connectivity index (χ0) is 18.8. The summed E-state index contributed by atoms with van der Waals surface area (Å²) in [6.07, 6.45) is 2.75. The van der Waals surface area contributed by atoms with Crippen LogP contribution in [0.5, 0.6) is 5.75 Å². The summed E-state index contributed by atoms with van der Waals surface area (Å²) in [4.78, 5) is 13.4. The van der Waals surface area contributed by atoms with E-state index in [9.17, 15) is 4.79 Å². The highest BCUT2D eigenvalue weighted by Gasteiger charge is 2.27. The number of benzene rings is 2. The molecule has 0 saturated heterocycles. The van der Waals surface area contributed by atoms with Crippen molar-refractivity contribution in [1.82, 2.24) is 0 Å². The third-order valence-corrected chi connectivity index (χ3v) is 5.38. The molecule has 0 spiro atoms. The van der Waals surface area contributed by atoms with E-state index in [1.807, 2.05) is 12.1 Å². The third-order valence-electron chi connectivity index (χ3n) is 5.10. The lowest BCUT2D eigenvalue weighted by atomic mass is 10.0. The molecule has 0 saturated carbocycles. The van der Waals surface area contributed by atoms with Crippen molar-refractivity contribution in [1.29, 1.82) is 0 Å². The smallest absolute Gasteiger partial charge is 0.336 e. The maximum atomic E-state index is 12.1. The van der Waals surface area contributed by atoms with Crippen LogP contribution in [-0.2, 0) is 19.4 Å². The molecule has 2 heterocycles. The van der Waals surface area contributed by atoms with Gasteiger partial charge in [-0.25, -0.2) is 4.79 Å². The van der Waals surface area contributed by atoms with Gasteiger partial charge in [-0.15, -0.1) is 0 Å². The maximum absolute atomic E-state index is 12.1. The van der Waals surface area contributed by atoms with Crippen molar-refractivity contribution in [3.63, 3.8) is 0 Å². The van der Waals surface area contributed by atoms with Gasteiger partial charge in [0.05, 0.1) is 17.1 Å². The molecule has 1 aromatic heterocycles. The number of hydrogen-bond donors (Lipinski definition) is 1. The SMILES string of the molecule is CCCc1cc(=O)oc2c3c(c(Cl)cc12)OC[NH+](CCc1ccccc1)C3. The Hall–Kier alpha value is -2.30. The molecule has 27 heavy (non-hydrogen) atoms. The van der Waals surface area contributed by atoms with Gasteiger partial charge in [-0.3, -0.25) is 4.90 Å². The monoisotopic (exact) mass is 384 g/mol. The van der Waals surface area contributed by atoms with Crippen LogP contribution >= 0.6 is 11.6 Å². The molecule has 3 aromatic rings. The Morgan fingerprint density at radius 3 is 2.74 bits per heavy atom. The Labute approximate surface area is 163 Å². The van der Waals surface area contributed by atoms with E-state index >= 15 is 0 Å². The molecule has 5 heteroatoms. The number of nitrogens with one attached hydrogen (secondary N) is 1. The summed E-state index contributed by atoms with van der Waals surface area (Å²) in [5.74, 6) is 0.657. The predicted octanol–water partition coefficient (Wildman–Crippen LogP) is 3.38. The number of aryl methyl sites for hydroxylation is 1. The van der Waals surface area contributed by atoms with Crippen molar-refractivity contribution >= 4 is 22.6 Å². The van der Waals surface area contributed by atoms with Gasteiger partial charge in [-0.05, 0) is 23.6 Å². The molecule has 4 rings (SSSR count). The minimum Gasteiger partial charge on any atom is -0.443 e. The maximum Gasteiger partial charge on any atom is 0.336 e. The van der Waals surface area contributed by atoms with E-state index in [0.29, 0.717) is 23.1 Å². The summed E-state index contributed by atoms with van der Waals surface area (Å²) >= 11 is 6.50. The van der Waals surface area contributed by atoms with Gasteiger partial charge >= 0.3 is 5.63 Å². The average molecular weight is 385 g/mol. The molecule has 1 unspecified atom stereocenters. The van der Waals surface area contributed by atoms with Gasteiger partial charge in [0, 0.05) is 17.9 Å².